The average Bonchev–Trinajstić information content (AvgIpc) is 2.49. The van der Waals surface area contributed by atoms with E-state index in [2.05, 4.69) is 5.32 Å². The molecular weight excluding hydrogens is 266 g/mol. The molecule has 1 aromatic carbocycles. The maximum atomic E-state index is 12.1. The highest BCUT2D eigenvalue weighted by atomic mass is 16.5. The van der Waals surface area contributed by atoms with Crippen molar-refractivity contribution in [1.29, 1.82) is 5.26 Å². The van der Waals surface area contributed by atoms with Gasteiger partial charge in [0, 0.05) is 11.7 Å². The Morgan fingerprint density at radius 2 is 2.14 bits per heavy atom. The molecule has 1 unspecified atom stereocenters. The number of amides is 1. The number of ether oxygens (including phenoxy) is 1. The molecule has 3 N–H and O–H groups in total. The van der Waals surface area contributed by atoms with Gasteiger partial charge < -0.3 is 15.8 Å². The van der Waals surface area contributed by atoms with Crippen molar-refractivity contribution < 1.29 is 9.53 Å². The van der Waals surface area contributed by atoms with Gasteiger partial charge in [0.15, 0.2) is 6.10 Å². The van der Waals surface area contributed by atoms with E-state index in [1.807, 2.05) is 6.07 Å². The van der Waals surface area contributed by atoms with E-state index in [1.54, 1.807) is 25.1 Å². The first-order valence-electron chi connectivity index (χ1n) is 7.37. The number of nitrogens with zero attached hydrogens (tertiary/aromatic N) is 1. The van der Waals surface area contributed by atoms with E-state index in [0.29, 0.717) is 17.0 Å². The fourth-order valence-electron chi connectivity index (χ4n) is 2.55. The molecule has 0 radical (unpaired) electrons. The van der Waals surface area contributed by atoms with Crippen LogP contribution in [0.1, 0.15) is 44.6 Å². The van der Waals surface area contributed by atoms with Gasteiger partial charge in [-0.15, -0.1) is 0 Å². The van der Waals surface area contributed by atoms with Gasteiger partial charge in [-0.3, -0.25) is 4.79 Å². The van der Waals surface area contributed by atoms with Crippen LogP contribution in [0.4, 0.5) is 5.69 Å². The smallest absolute Gasteiger partial charge is 0.260 e. The van der Waals surface area contributed by atoms with Crippen LogP contribution in [0.15, 0.2) is 18.2 Å². The van der Waals surface area contributed by atoms with E-state index < -0.39 is 6.10 Å². The van der Waals surface area contributed by atoms with Crippen molar-refractivity contribution in [2.75, 3.05) is 5.73 Å². The van der Waals surface area contributed by atoms with Gasteiger partial charge in [0.25, 0.3) is 5.91 Å². The molecule has 1 fully saturated rings. The summed E-state index contributed by atoms with van der Waals surface area (Å²) in [6, 6.07) is 7.10. The Kier molecular flexibility index (Phi) is 5.04. The number of nitrogens with one attached hydrogen (secondary N) is 1. The van der Waals surface area contributed by atoms with Crippen molar-refractivity contribution in [3.05, 3.63) is 23.8 Å². The zero-order chi connectivity index (χ0) is 15.2. The molecular formula is C16H21N3O2. The lowest BCUT2D eigenvalue weighted by Crippen LogP contribution is -2.43. The molecule has 0 spiro atoms. The van der Waals surface area contributed by atoms with Gasteiger partial charge in [0.1, 0.15) is 11.8 Å². The van der Waals surface area contributed by atoms with Crippen LogP contribution in [0.3, 0.4) is 0 Å². The number of anilines is 1. The monoisotopic (exact) mass is 287 g/mol. The zero-order valence-electron chi connectivity index (χ0n) is 12.3. The van der Waals surface area contributed by atoms with Crippen LogP contribution in [0, 0.1) is 11.3 Å². The Hall–Kier alpha value is -2.22. The molecule has 0 heterocycles. The second kappa shape index (κ2) is 6.98. The highest BCUT2D eigenvalue weighted by Gasteiger charge is 2.21. The lowest BCUT2D eigenvalue weighted by Gasteiger charge is -2.24. The largest absolute Gasteiger partial charge is 0.480 e. The summed E-state index contributed by atoms with van der Waals surface area (Å²) in [7, 11) is 0. The standard InChI is InChI=1S/C16H21N3O2/c1-11(16(20)19-14-5-3-2-4-6-14)21-15-8-7-13(18)9-12(15)10-17/h7-9,11,14H,2-6,18H2,1H3,(H,19,20). The van der Waals surface area contributed by atoms with Crippen LogP contribution in [-0.4, -0.2) is 18.1 Å². The zero-order valence-corrected chi connectivity index (χ0v) is 12.3. The van der Waals surface area contributed by atoms with E-state index in [9.17, 15) is 4.79 Å². The lowest BCUT2D eigenvalue weighted by atomic mass is 9.95. The molecule has 112 valence electrons. The minimum absolute atomic E-state index is 0.136. The summed E-state index contributed by atoms with van der Waals surface area (Å²) in [4.78, 5) is 12.1. The number of benzene rings is 1. The first kappa shape index (κ1) is 15.2. The fraction of sp³-hybridized carbons (Fsp3) is 0.500. The second-order valence-electron chi connectivity index (χ2n) is 5.47. The van der Waals surface area contributed by atoms with E-state index in [1.165, 1.54) is 6.42 Å². The molecule has 1 aromatic rings. The van der Waals surface area contributed by atoms with E-state index in [-0.39, 0.29) is 11.9 Å². The van der Waals surface area contributed by atoms with Crippen molar-refractivity contribution in [2.45, 2.75) is 51.2 Å². The summed E-state index contributed by atoms with van der Waals surface area (Å²) in [5.41, 5.74) is 6.47. The Balaban J connectivity index is 1.95. The minimum Gasteiger partial charge on any atom is -0.480 e. The Morgan fingerprint density at radius 1 is 1.43 bits per heavy atom. The van der Waals surface area contributed by atoms with Gasteiger partial charge in [-0.2, -0.15) is 5.26 Å². The lowest BCUT2D eigenvalue weighted by molar-refractivity contribution is -0.128. The first-order valence-corrected chi connectivity index (χ1v) is 7.37. The Labute approximate surface area is 125 Å². The quantitative estimate of drug-likeness (QED) is 0.832. The molecule has 1 saturated carbocycles. The molecule has 0 bridgehead atoms. The summed E-state index contributed by atoms with van der Waals surface area (Å²) in [6.07, 6.45) is 5.00. The molecule has 0 aliphatic heterocycles. The van der Waals surface area contributed by atoms with Crippen molar-refractivity contribution in [1.82, 2.24) is 5.32 Å². The Morgan fingerprint density at radius 3 is 2.81 bits per heavy atom. The third-order valence-corrected chi connectivity index (χ3v) is 3.75. The van der Waals surface area contributed by atoms with E-state index in [4.69, 9.17) is 15.7 Å². The second-order valence-corrected chi connectivity index (χ2v) is 5.47. The number of nitrogen functional groups attached to an aromatic ring is 1. The van der Waals surface area contributed by atoms with E-state index in [0.717, 1.165) is 25.7 Å². The number of hydrogen-bond donors (Lipinski definition) is 2. The number of rotatable bonds is 4. The van der Waals surface area contributed by atoms with Gasteiger partial charge in [0.2, 0.25) is 0 Å². The van der Waals surface area contributed by atoms with E-state index >= 15 is 0 Å². The van der Waals surface area contributed by atoms with Gasteiger partial charge in [-0.1, -0.05) is 19.3 Å². The minimum atomic E-state index is -0.636. The summed E-state index contributed by atoms with van der Waals surface area (Å²) >= 11 is 0. The highest BCUT2D eigenvalue weighted by Crippen LogP contribution is 2.22. The molecule has 5 heteroatoms. The predicted octanol–water partition coefficient (Wildman–Crippen LogP) is 2.36. The van der Waals surface area contributed by atoms with Gasteiger partial charge >= 0.3 is 0 Å². The molecule has 1 amide bonds. The van der Waals surface area contributed by atoms with Crippen LogP contribution in [0.5, 0.6) is 5.75 Å². The summed E-state index contributed by atoms with van der Waals surface area (Å²) in [5.74, 6) is 0.251. The van der Waals surface area contributed by atoms with Crippen molar-refractivity contribution in [2.24, 2.45) is 0 Å². The van der Waals surface area contributed by atoms with Gasteiger partial charge in [-0.25, -0.2) is 0 Å². The molecule has 5 nitrogen and oxygen atoms in total. The van der Waals surface area contributed by atoms with Crippen molar-refractivity contribution in [3.63, 3.8) is 0 Å². The predicted molar refractivity (Wildman–Crippen MR) is 80.7 cm³/mol. The SMILES string of the molecule is CC(Oc1ccc(N)cc1C#N)C(=O)NC1CCCCC1. The molecule has 1 aliphatic rings. The molecule has 0 aromatic heterocycles. The summed E-state index contributed by atoms with van der Waals surface area (Å²) < 4.78 is 5.60. The fourth-order valence-corrected chi connectivity index (χ4v) is 2.55. The first-order chi connectivity index (χ1) is 10.1. The highest BCUT2D eigenvalue weighted by molar-refractivity contribution is 5.81. The van der Waals surface area contributed by atoms with Crippen molar-refractivity contribution in [3.8, 4) is 11.8 Å². The van der Waals surface area contributed by atoms with Crippen LogP contribution in [0.2, 0.25) is 0 Å². The summed E-state index contributed by atoms with van der Waals surface area (Å²) in [5, 5.41) is 12.1. The third-order valence-electron chi connectivity index (χ3n) is 3.75. The molecule has 2 rings (SSSR count). The molecule has 1 atom stereocenters. The van der Waals surface area contributed by atoms with Crippen molar-refractivity contribution >= 4 is 11.6 Å². The average molecular weight is 287 g/mol. The number of nitriles is 1. The Bertz CT molecular complexity index is 545. The molecule has 21 heavy (non-hydrogen) atoms. The maximum Gasteiger partial charge on any atom is 0.260 e. The van der Waals surface area contributed by atoms with Crippen LogP contribution >= 0.6 is 0 Å². The van der Waals surface area contributed by atoms with Crippen LogP contribution in [-0.2, 0) is 4.79 Å². The third kappa shape index (κ3) is 4.12. The van der Waals surface area contributed by atoms with Crippen LogP contribution < -0.4 is 15.8 Å². The normalized spacial score (nSPS) is 16.8. The number of carbonyl (C=O) groups is 1. The van der Waals surface area contributed by atoms with Gasteiger partial charge in [-0.05, 0) is 38.0 Å². The molecule has 0 saturated heterocycles. The van der Waals surface area contributed by atoms with Gasteiger partial charge in [0.05, 0.1) is 5.56 Å². The summed E-state index contributed by atoms with van der Waals surface area (Å²) in [6.45, 7) is 1.69. The molecule has 1 aliphatic carbocycles. The number of hydrogen-bond acceptors (Lipinski definition) is 4. The number of nitrogens with two attached hydrogens (primary N) is 1. The number of carbonyl (C=O) groups excluding carboxylic acids is 1. The maximum absolute atomic E-state index is 12.1. The topological polar surface area (TPSA) is 88.1 Å². The van der Waals surface area contributed by atoms with Crippen LogP contribution in [0.25, 0.3) is 0 Å².